The number of hydrogen-bond acceptors (Lipinski definition) is 4. The fourth-order valence-corrected chi connectivity index (χ4v) is 4.62. The minimum Gasteiger partial charge on any atom is -0.379 e. The summed E-state index contributed by atoms with van der Waals surface area (Å²) >= 11 is 0. The Labute approximate surface area is 183 Å². The van der Waals surface area contributed by atoms with Crippen molar-refractivity contribution in [2.24, 2.45) is 10.9 Å². The Morgan fingerprint density at radius 2 is 1.89 bits per heavy atom. The summed E-state index contributed by atoms with van der Waals surface area (Å²) in [6.45, 7) is 16.2. The van der Waals surface area contributed by atoms with E-state index < -0.39 is 0 Å². The molecule has 0 bridgehead atoms. The summed E-state index contributed by atoms with van der Waals surface area (Å²) in [6.07, 6.45) is 5.30. The number of likely N-dealkylation sites (N-methyl/N-ethyl adjacent to an activating group) is 1. The van der Waals surface area contributed by atoms with Crippen LogP contribution in [0.1, 0.15) is 39.5 Å². The second kappa shape index (κ2) is 12.4. The Morgan fingerprint density at radius 1 is 1.07 bits per heavy atom. The van der Waals surface area contributed by atoms with E-state index in [0.717, 1.165) is 70.9 Å². The van der Waals surface area contributed by atoms with Crippen LogP contribution in [0.4, 0.5) is 0 Å². The predicted octanol–water partition coefficient (Wildman–Crippen LogP) is 2.10. The molecule has 0 aromatic heterocycles. The average Bonchev–Trinajstić information content (AvgIpc) is 3.14. The fraction of sp³-hybridized carbons (Fsp3) is 0.950. The Hall–Kier alpha value is -0.120. The topological polar surface area (TPSA) is 43.3 Å². The van der Waals surface area contributed by atoms with Crippen molar-refractivity contribution in [2.75, 3.05) is 72.1 Å². The minimum atomic E-state index is 0. The molecule has 3 fully saturated rings. The maximum absolute atomic E-state index is 5.48. The number of guanidine groups is 1. The number of morpholine rings is 1. The lowest BCUT2D eigenvalue weighted by atomic mass is 10.0. The number of hydrogen-bond donors (Lipinski definition) is 1. The van der Waals surface area contributed by atoms with Crippen LogP contribution in [-0.2, 0) is 4.74 Å². The molecule has 2 unspecified atom stereocenters. The van der Waals surface area contributed by atoms with Crippen LogP contribution in [0.2, 0.25) is 0 Å². The van der Waals surface area contributed by atoms with Crippen LogP contribution in [0.5, 0.6) is 0 Å². The van der Waals surface area contributed by atoms with Crippen molar-refractivity contribution in [2.45, 2.75) is 45.6 Å². The second-order valence-electron chi connectivity index (χ2n) is 7.99. The third-order valence-corrected chi connectivity index (χ3v) is 6.15. The molecule has 0 amide bonds. The van der Waals surface area contributed by atoms with Gasteiger partial charge in [0.1, 0.15) is 0 Å². The molecule has 1 N–H and O–H groups in total. The summed E-state index contributed by atoms with van der Waals surface area (Å²) in [6, 6.07) is 0.633. The summed E-state index contributed by atoms with van der Waals surface area (Å²) in [5.41, 5.74) is 0. The molecule has 0 saturated carbocycles. The van der Waals surface area contributed by atoms with Gasteiger partial charge in [0.05, 0.1) is 19.8 Å². The van der Waals surface area contributed by atoms with E-state index in [0.29, 0.717) is 6.04 Å². The van der Waals surface area contributed by atoms with E-state index in [9.17, 15) is 0 Å². The number of rotatable bonds is 6. The third-order valence-electron chi connectivity index (χ3n) is 6.15. The molecule has 27 heavy (non-hydrogen) atoms. The number of nitrogens with one attached hydrogen (secondary N) is 1. The van der Waals surface area contributed by atoms with Crippen molar-refractivity contribution >= 4 is 29.9 Å². The number of piperidine rings is 1. The van der Waals surface area contributed by atoms with Gasteiger partial charge in [-0.1, -0.05) is 13.3 Å². The van der Waals surface area contributed by atoms with E-state index in [4.69, 9.17) is 9.73 Å². The first-order valence-electron chi connectivity index (χ1n) is 10.9. The highest BCUT2D eigenvalue weighted by molar-refractivity contribution is 14.0. The molecule has 3 rings (SSSR count). The molecule has 0 aliphatic carbocycles. The van der Waals surface area contributed by atoms with Crippen LogP contribution >= 0.6 is 24.0 Å². The lowest BCUT2D eigenvalue weighted by Crippen LogP contribution is -2.44. The first kappa shape index (κ1) is 23.2. The van der Waals surface area contributed by atoms with E-state index >= 15 is 0 Å². The van der Waals surface area contributed by atoms with Crippen molar-refractivity contribution in [3.8, 4) is 0 Å². The SMILES string of the molecule is CCNC(=NCC1CCCCN1CC)N1CCC(CN2CCOCC2)C1.I. The van der Waals surface area contributed by atoms with Gasteiger partial charge in [0.15, 0.2) is 5.96 Å². The third kappa shape index (κ3) is 7.01. The largest absolute Gasteiger partial charge is 0.379 e. The summed E-state index contributed by atoms with van der Waals surface area (Å²) in [4.78, 5) is 12.7. The van der Waals surface area contributed by atoms with Gasteiger partial charge in [0.25, 0.3) is 0 Å². The number of ether oxygens (including phenoxy) is 1. The number of nitrogens with zero attached hydrogens (tertiary/aromatic N) is 4. The Morgan fingerprint density at radius 3 is 2.63 bits per heavy atom. The van der Waals surface area contributed by atoms with Gasteiger partial charge in [-0.15, -0.1) is 24.0 Å². The summed E-state index contributed by atoms with van der Waals surface area (Å²) in [5.74, 6) is 1.90. The van der Waals surface area contributed by atoms with Gasteiger partial charge in [0.2, 0.25) is 0 Å². The molecule has 6 nitrogen and oxygen atoms in total. The van der Waals surface area contributed by atoms with Crippen molar-refractivity contribution in [3.05, 3.63) is 0 Å². The van der Waals surface area contributed by atoms with Crippen molar-refractivity contribution in [3.63, 3.8) is 0 Å². The van der Waals surface area contributed by atoms with Gasteiger partial charge >= 0.3 is 0 Å². The van der Waals surface area contributed by atoms with E-state index in [-0.39, 0.29) is 24.0 Å². The van der Waals surface area contributed by atoms with Gasteiger partial charge < -0.3 is 15.0 Å². The summed E-state index contributed by atoms with van der Waals surface area (Å²) < 4.78 is 5.48. The first-order chi connectivity index (χ1) is 12.8. The van der Waals surface area contributed by atoms with E-state index in [1.54, 1.807) is 0 Å². The smallest absolute Gasteiger partial charge is 0.193 e. The predicted molar refractivity (Wildman–Crippen MR) is 123 cm³/mol. The van der Waals surface area contributed by atoms with Crippen LogP contribution in [-0.4, -0.2) is 98.8 Å². The highest BCUT2D eigenvalue weighted by Crippen LogP contribution is 2.20. The highest BCUT2D eigenvalue weighted by Gasteiger charge is 2.27. The zero-order chi connectivity index (χ0) is 18.2. The molecule has 3 aliphatic rings. The van der Waals surface area contributed by atoms with Crippen LogP contribution in [0, 0.1) is 5.92 Å². The zero-order valence-corrected chi connectivity index (χ0v) is 19.7. The van der Waals surface area contributed by atoms with Gasteiger partial charge in [-0.3, -0.25) is 14.8 Å². The molecule has 158 valence electrons. The van der Waals surface area contributed by atoms with Gasteiger partial charge in [-0.05, 0) is 45.2 Å². The molecular weight excluding hydrogens is 453 g/mol. The van der Waals surface area contributed by atoms with Crippen LogP contribution in [0.15, 0.2) is 4.99 Å². The van der Waals surface area contributed by atoms with Gasteiger partial charge in [-0.2, -0.15) is 0 Å². The molecule has 2 atom stereocenters. The molecule has 3 aliphatic heterocycles. The maximum Gasteiger partial charge on any atom is 0.193 e. The molecule has 3 saturated heterocycles. The van der Waals surface area contributed by atoms with Crippen LogP contribution in [0.3, 0.4) is 0 Å². The number of aliphatic imine (C=N–C) groups is 1. The molecule has 0 aromatic carbocycles. The maximum atomic E-state index is 5.48. The Balaban J connectivity index is 0.00000261. The van der Waals surface area contributed by atoms with Crippen LogP contribution in [0.25, 0.3) is 0 Å². The Kier molecular flexibility index (Phi) is 10.7. The highest BCUT2D eigenvalue weighted by atomic mass is 127. The minimum absolute atomic E-state index is 0. The van der Waals surface area contributed by atoms with Gasteiger partial charge in [-0.25, -0.2) is 0 Å². The lowest BCUT2D eigenvalue weighted by molar-refractivity contribution is 0.0315. The Bertz CT molecular complexity index is 444. The van der Waals surface area contributed by atoms with Gasteiger partial charge in [0, 0.05) is 45.3 Å². The van der Waals surface area contributed by atoms with E-state index in [2.05, 4.69) is 33.9 Å². The normalized spacial score (nSPS) is 28.2. The molecule has 0 radical (unpaired) electrons. The standard InChI is InChI=1S/C20H39N5O.HI/c1-3-21-20(22-15-19-7-5-6-9-24(19)4-2)25-10-8-18(17-25)16-23-11-13-26-14-12-23;/h18-19H,3-17H2,1-2H3,(H,21,22);1H. The lowest BCUT2D eigenvalue weighted by Gasteiger charge is -2.34. The molecule has 3 heterocycles. The van der Waals surface area contributed by atoms with Crippen molar-refractivity contribution in [1.29, 1.82) is 0 Å². The molecule has 7 heteroatoms. The van der Waals surface area contributed by atoms with E-state index in [1.807, 2.05) is 0 Å². The quantitative estimate of drug-likeness (QED) is 0.349. The number of likely N-dealkylation sites (tertiary alicyclic amines) is 2. The second-order valence-corrected chi connectivity index (χ2v) is 7.99. The summed E-state index contributed by atoms with van der Waals surface area (Å²) in [5, 5.41) is 3.54. The van der Waals surface area contributed by atoms with Crippen molar-refractivity contribution in [1.82, 2.24) is 20.0 Å². The van der Waals surface area contributed by atoms with Crippen molar-refractivity contribution < 1.29 is 4.74 Å². The fourth-order valence-electron chi connectivity index (χ4n) is 4.62. The summed E-state index contributed by atoms with van der Waals surface area (Å²) in [7, 11) is 0. The molecule has 0 spiro atoms. The van der Waals surface area contributed by atoms with Crippen LogP contribution < -0.4 is 5.32 Å². The average molecular weight is 493 g/mol. The molecular formula is C20H40IN5O. The zero-order valence-electron chi connectivity index (χ0n) is 17.4. The molecule has 0 aromatic rings. The monoisotopic (exact) mass is 493 g/mol. The van der Waals surface area contributed by atoms with E-state index in [1.165, 1.54) is 38.8 Å². The number of halogens is 1. The first-order valence-corrected chi connectivity index (χ1v) is 10.9.